The zero-order valence-electron chi connectivity index (χ0n) is 18.4. The summed E-state index contributed by atoms with van der Waals surface area (Å²) in [5.41, 5.74) is 0.587. The molecular weight excluding hydrogens is 386 g/mol. The Kier molecular flexibility index (Phi) is 7.41. The highest BCUT2D eigenvalue weighted by Gasteiger charge is 2.47. The zero-order chi connectivity index (χ0) is 21.5. The van der Waals surface area contributed by atoms with Crippen molar-refractivity contribution in [3.63, 3.8) is 0 Å². The summed E-state index contributed by atoms with van der Waals surface area (Å²) in [5.74, 6) is 0.121. The van der Waals surface area contributed by atoms with Crippen molar-refractivity contribution in [2.75, 3.05) is 26.2 Å². The van der Waals surface area contributed by atoms with Gasteiger partial charge in [-0.3, -0.25) is 0 Å². The Morgan fingerprint density at radius 3 is 2.19 bits per heavy atom. The van der Waals surface area contributed by atoms with E-state index in [4.69, 9.17) is 4.74 Å². The maximum atomic E-state index is 13.0. The van der Waals surface area contributed by atoms with E-state index in [1.165, 1.54) is 18.4 Å². The molecule has 2 aromatic carbocycles. The summed E-state index contributed by atoms with van der Waals surface area (Å²) in [6, 6.07) is 20.1. The fourth-order valence-corrected chi connectivity index (χ4v) is 5.33. The summed E-state index contributed by atoms with van der Waals surface area (Å²) in [7, 11) is 0. The lowest BCUT2D eigenvalue weighted by atomic mass is 9.80. The van der Waals surface area contributed by atoms with Gasteiger partial charge in [-0.15, -0.1) is 0 Å². The Morgan fingerprint density at radius 1 is 0.935 bits per heavy atom. The Morgan fingerprint density at radius 2 is 1.55 bits per heavy atom. The summed E-state index contributed by atoms with van der Waals surface area (Å²) >= 11 is 0. The van der Waals surface area contributed by atoms with E-state index in [0.29, 0.717) is 18.1 Å². The van der Waals surface area contributed by atoms with E-state index in [-0.39, 0.29) is 5.92 Å². The van der Waals surface area contributed by atoms with Crippen LogP contribution in [-0.4, -0.2) is 42.2 Å². The molecule has 4 heteroatoms. The molecule has 1 heterocycles. The topological polar surface area (TPSA) is 49.8 Å². The minimum Gasteiger partial charge on any atom is -0.463 e. The number of esters is 1. The van der Waals surface area contributed by atoms with Crippen LogP contribution < -0.4 is 0 Å². The van der Waals surface area contributed by atoms with Crippen molar-refractivity contribution in [1.29, 1.82) is 0 Å². The van der Waals surface area contributed by atoms with Crippen molar-refractivity contribution >= 4 is 5.97 Å². The minimum absolute atomic E-state index is 0.0561. The van der Waals surface area contributed by atoms with Crippen LogP contribution >= 0.6 is 0 Å². The molecule has 1 unspecified atom stereocenters. The molecule has 2 aliphatic rings. The zero-order valence-corrected chi connectivity index (χ0v) is 18.4. The van der Waals surface area contributed by atoms with Crippen molar-refractivity contribution in [3.8, 4) is 0 Å². The summed E-state index contributed by atoms with van der Waals surface area (Å²) in [4.78, 5) is 15.5. The number of carbonyl (C=O) groups excluding carboxylic acids is 1. The van der Waals surface area contributed by atoms with Gasteiger partial charge in [-0.25, -0.2) is 4.79 Å². The quantitative estimate of drug-likeness (QED) is 0.488. The van der Waals surface area contributed by atoms with Crippen LogP contribution in [0.3, 0.4) is 0 Å². The van der Waals surface area contributed by atoms with E-state index in [1.54, 1.807) is 0 Å². The highest BCUT2D eigenvalue weighted by atomic mass is 16.5. The van der Waals surface area contributed by atoms with Crippen LogP contribution in [0.4, 0.5) is 0 Å². The Bertz CT molecular complexity index is 811. The van der Waals surface area contributed by atoms with E-state index in [1.807, 2.05) is 30.3 Å². The first-order valence-electron chi connectivity index (χ1n) is 11.9. The first-order chi connectivity index (χ1) is 15.2. The Hall–Kier alpha value is -2.17. The molecule has 1 saturated carbocycles. The minimum atomic E-state index is -1.52. The molecule has 2 fully saturated rings. The van der Waals surface area contributed by atoms with Gasteiger partial charge in [0.2, 0.25) is 0 Å². The molecule has 1 N–H and O–H groups in total. The van der Waals surface area contributed by atoms with Gasteiger partial charge in [0.05, 0.1) is 6.61 Å². The molecule has 1 aliphatic carbocycles. The van der Waals surface area contributed by atoms with E-state index in [9.17, 15) is 9.90 Å². The predicted molar refractivity (Wildman–Crippen MR) is 123 cm³/mol. The van der Waals surface area contributed by atoms with Gasteiger partial charge in [0, 0.05) is 12.5 Å². The van der Waals surface area contributed by atoms with Gasteiger partial charge < -0.3 is 14.7 Å². The highest BCUT2D eigenvalue weighted by Crippen LogP contribution is 2.41. The van der Waals surface area contributed by atoms with Crippen molar-refractivity contribution in [3.05, 3.63) is 71.8 Å². The standard InChI is InChI=1S/C27H35NO3/c29-26(27(30,25-14-7-8-15-25)24-12-5-2-6-13-24)31-21-9-18-28-19-16-23(17-20-28)22-10-3-1-4-11-22/h1-6,10-13,23,25,30H,7-9,14-21H2. The second-order valence-corrected chi connectivity index (χ2v) is 9.13. The fourth-order valence-electron chi connectivity index (χ4n) is 5.33. The maximum Gasteiger partial charge on any atom is 0.343 e. The number of carbonyl (C=O) groups is 1. The molecule has 31 heavy (non-hydrogen) atoms. The Balaban J connectivity index is 1.25. The first kappa shape index (κ1) is 22.0. The molecule has 0 radical (unpaired) electrons. The largest absolute Gasteiger partial charge is 0.463 e. The van der Waals surface area contributed by atoms with Crippen LogP contribution in [-0.2, 0) is 15.1 Å². The van der Waals surface area contributed by atoms with Crippen molar-refractivity contribution in [2.45, 2.75) is 56.5 Å². The molecule has 0 spiro atoms. The molecule has 1 saturated heterocycles. The number of hydrogen-bond donors (Lipinski definition) is 1. The number of ether oxygens (including phenoxy) is 1. The number of piperidine rings is 1. The monoisotopic (exact) mass is 421 g/mol. The van der Waals surface area contributed by atoms with Crippen molar-refractivity contribution < 1.29 is 14.6 Å². The van der Waals surface area contributed by atoms with Gasteiger partial charge in [-0.2, -0.15) is 0 Å². The second kappa shape index (κ2) is 10.4. The first-order valence-corrected chi connectivity index (χ1v) is 11.9. The van der Waals surface area contributed by atoms with Crippen LogP contribution in [0.5, 0.6) is 0 Å². The van der Waals surface area contributed by atoms with Gasteiger partial charge in [0.15, 0.2) is 5.60 Å². The van der Waals surface area contributed by atoms with Crippen LogP contribution in [0.1, 0.15) is 62.0 Å². The van der Waals surface area contributed by atoms with Gasteiger partial charge >= 0.3 is 5.97 Å². The molecule has 1 aliphatic heterocycles. The lowest BCUT2D eigenvalue weighted by molar-refractivity contribution is -0.174. The number of nitrogens with zero attached hydrogens (tertiary/aromatic N) is 1. The normalized spacial score (nSPS) is 20.4. The number of aliphatic hydroxyl groups is 1. The third-order valence-electron chi connectivity index (χ3n) is 7.18. The number of benzene rings is 2. The van der Waals surface area contributed by atoms with Crippen LogP contribution in [0, 0.1) is 5.92 Å². The summed E-state index contributed by atoms with van der Waals surface area (Å²) in [6.45, 7) is 3.47. The average molecular weight is 422 g/mol. The molecule has 1 atom stereocenters. The summed E-state index contributed by atoms with van der Waals surface area (Å²) in [6.07, 6.45) is 7.03. The van der Waals surface area contributed by atoms with E-state index in [0.717, 1.165) is 51.7 Å². The SMILES string of the molecule is O=C(OCCCN1CCC(c2ccccc2)CC1)C(O)(c1ccccc1)C1CCCC1. The van der Waals surface area contributed by atoms with Crippen LogP contribution in [0.2, 0.25) is 0 Å². The highest BCUT2D eigenvalue weighted by molar-refractivity contribution is 5.81. The predicted octanol–water partition coefficient (Wildman–Crippen LogP) is 4.88. The third kappa shape index (κ3) is 5.19. The molecule has 166 valence electrons. The lowest BCUT2D eigenvalue weighted by Gasteiger charge is -2.33. The molecule has 0 bridgehead atoms. The third-order valence-corrected chi connectivity index (χ3v) is 7.18. The van der Waals surface area contributed by atoms with Gasteiger partial charge in [0.1, 0.15) is 0 Å². The van der Waals surface area contributed by atoms with Crippen molar-refractivity contribution in [1.82, 2.24) is 4.90 Å². The Labute approximate surface area is 186 Å². The van der Waals surface area contributed by atoms with Crippen LogP contribution in [0.25, 0.3) is 0 Å². The maximum absolute atomic E-state index is 13.0. The number of hydrogen-bond acceptors (Lipinski definition) is 4. The molecular formula is C27H35NO3. The molecule has 2 aromatic rings. The molecule has 0 amide bonds. The van der Waals surface area contributed by atoms with E-state index >= 15 is 0 Å². The smallest absolute Gasteiger partial charge is 0.343 e. The van der Waals surface area contributed by atoms with Gasteiger partial charge in [-0.1, -0.05) is 73.5 Å². The number of likely N-dealkylation sites (tertiary alicyclic amines) is 1. The van der Waals surface area contributed by atoms with Gasteiger partial charge in [-0.05, 0) is 62.2 Å². The fraction of sp³-hybridized carbons (Fsp3) is 0.519. The van der Waals surface area contributed by atoms with E-state index < -0.39 is 11.6 Å². The van der Waals surface area contributed by atoms with Gasteiger partial charge in [0.25, 0.3) is 0 Å². The summed E-state index contributed by atoms with van der Waals surface area (Å²) in [5, 5.41) is 11.5. The van der Waals surface area contributed by atoms with Crippen molar-refractivity contribution in [2.24, 2.45) is 5.92 Å². The average Bonchev–Trinajstić information content (AvgIpc) is 3.38. The molecule has 4 rings (SSSR count). The second-order valence-electron chi connectivity index (χ2n) is 9.13. The summed E-state index contributed by atoms with van der Waals surface area (Å²) < 4.78 is 5.64. The molecule has 0 aromatic heterocycles. The number of rotatable bonds is 8. The lowest BCUT2D eigenvalue weighted by Crippen LogP contribution is -2.43. The van der Waals surface area contributed by atoms with Crippen LogP contribution in [0.15, 0.2) is 60.7 Å². The van der Waals surface area contributed by atoms with E-state index in [2.05, 4.69) is 35.2 Å². The molecule has 4 nitrogen and oxygen atoms in total.